The average Bonchev–Trinajstić information content (AvgIpc) is 2.42. The second-order valence-electron chi connectivity index (χ2n) is 4.23. The van der Waals surface area contributed by atoms with Crippen molar-refractivity contribution in [3.05, 3.63) is 53.8 Å². The van der Waals surface area contributed by atoms with Crippen LogP contribution in [-0.2, 0) is 4.79 Å². The van der Waals surface area contributed by atoms with Crippen molar-refractivity contribution in [2.24, 2.45) is 0 Å². The molecule has 2 aromatic rings. The van der Waals surface area contributed by atoms with Crippen molar-refractivity contribution in [3.8, 4) is 11.5 Å². The van der Waals surface area contributed by atoms with E-state index in [4.69, 9.17) is 9.84 Å². The fourth-order valence-corrected chi connectivity index (χ4v) is 1.68. The van der Waals surface area contributed by atoms with Gasteiger partial charge in [-0.1, -0.05) is 12.1 Å². The molecule has 0 bridgehead atoms. The molecule has 0 fully saturated rings. The number of amides is 1. The predicted octanol–water partition coefficient (Wildman–Crippen LogP) is 3.27. The first kappa shape index (κ1) is 14.5. The standard InChI is InChI=1S/C15H12FNO4/c1-9(18)17-12-4-2-3-5-14(12)21-13-7-6-10(15(19)20)8-11(13)16/h2-8H,1H3,(H,17,18)(H,19,20). The van der Waals surface area contributed by atoms with Crippen LogP contribution >= 0.6 is 0 Å². The van der Waals surface area contributed by atoms with Crippen LogP contribution < -0.4 is 10.1 Å². The zero-order valence-electron chi connectivity index (χ0n) is 11.1. The van der Waals surface area contributed by atoms with E-state index in [-0.39, 0.29) is 23.0 Å². The van der Waals surface area contributed by atoms with Crippen molar-refractivity contribution >= 4 is 17.6 Å². The number of halogens is 1. The molecule has 0 radical (unpaired) electrons. The maximum absolute atomic E-state index is 13.8. The van der Waals surface area contributed by atoms with Crippen molar-refractivity contribution in [2.75, 3.05) is 5.32 Å². The third-order valence-electron chi connectivity index (χ3n) is 2.60. The topological polar surface area (TPSA) is 75.6 Å². The second kappa shape index (κ2) is 6.04. The molecule has 2 N–H and O–H groups in total. The number of rotatable bonds is 4. The number of carbonyl (C=O) groups excluding carboxylic acids is 1. The monoisotopic (exact) mass is 289 g/mol. The molecule has 0 aliphatic heterocycles. The number of carboxylic acid groups (broad SMARTS) is 1. The zero-order valence-corrected chi connectivity index (χ0v) is 11.1. The van der Waals surface area contributed by atoms with Gasteiger partial charge in [0.1, 0.15) is 0 Å². The molecule has 0 unspecified atom stereocenters. The van der Waals surface area contributed by atoms with Gasteiger partial charge in [0.05, 0.1) is 11.3 Å². The molecule has 2 rings (SSSR count). The molecule has 0 spiro atoms. The van der Waals surface area contributed by atoms with Crippen molar-refractivity contribution in [3.63, 3.8) is 0 Å². The summed E-state index contributed by atoms with van der Waals surface area (Å²) in [6.07, 6.45) is 0. The van der Waals surface area contributed by atoms with E-state index >= 15 is 0 Å². The molecule has 0 aliphatic carbocycles. The Bertz CT molecular complexity index is 700. The first-order chi connectivity index (χ1) is 9.97. The number of para-hydroxylation sites is 2. The molecule has 21 heavy (non-hydrogen) atoms. The second-order valence-corrected chi connectivity index (χ2v) is 4.23. The molecule has 108 valence electrons. The minimum atomic E-state index is -1.22. The van der Waals surface area contributed by atoms with Gasteiger partial charge in [-0.15, -0.1) is 0 Å². The molecular weight excluding hydrogens is 277 g/mol. The summed E-state index contributed by atoms with van der Waals surface area (Å²) in [6, 6.07) is 9.88. The molecular formula is C15H12FNO4. The van der Waals surface area contributed by atoms with E-state index in [0.717, 1.165) is 6.07 Å². The van der Waals surface area contributed by atoms with Crippen LogP contribution in [0.2, 0.25) is 0 Å². The summed E-state index contributed by atoms with van der Waals surface area (Å²) in [6.45, 7) is 1.35. The van der Waals surface area contributed by atoms with Gasteiger partial charge in [-0.05, 0) is 30.3 Å². The van der Waals surface area contributed by atoms with Crippen LogP contribution in [0.5, 0.6) is 11.5 Å². The van der Waals surface area contributed by atoms with Crippen LogP contribution in [0.1, 0.15) is 17.3 Å². The number of hydrogen-bond acceptors (Lipinski definition) is 3. The highest BCUT2D eigenvalue weighted by molar-refractivity contribution is 5.90. The Morgan fingerprint density at radius 1 is 1.14 bits per heavy atom. The summed E-state index contributed by atoms with van der Waals surface area (Å²) in [7, 11) is 0. The van der Waals surface area contributed by atoms with Gasteiger partial charge in [0.2, 0.25) is 5.91 Å². The van der Waals surface area contributed by atoms with Gasteiger partial charge in [-0.25, -0.2) is 9.18 Å². The van der Waals surface area contributed by atoms with E-state index in [0.29, 0.717) is 5.69 Å². The number of carboxylic acids is 1. The minimum absolute atomic E-state index is 0.127. The lowest BCUT2D eigenvalue weighted by Crippen LogP contribution is -2.07. The highest BCUT2D eigenvalue weighted by Gasteiger charge is 2.12. The maximum Gasteiger partial charge on any atom is 0.335 e. The minimum Gasteiger partial charge on any atom is -0.478 e. The molecule has 1 amide bonds. The lowest BCUT2D eigenvalue weighted by molar-refractivity contribution is -0.114. The number of carbonyl (C=O) groups is 2. The lowest BCUT2D eigenvalue weighted by Gasteiger charge is -2.12. The SMILES string of the molecule is CC(=O)Nc1ccccc1Oc1ccc(C(=O)O)cc1F. The van der Waals surface area contributed by atoms with Crippen molar-refractivity contribution in [2.45, 2.75) is 6.92 Å². The summed E-state index contributed by atoms with van der Waals surface area (Å²) in [4.78, 5) is 21.8. The third-order valence-corrected chi connectivity index (χ3v) is 2.60. The number of nitrogens with one attached hydrogen (secondary N) is 1. The van der Waals surface area contributed by atoms with Gasteiger partial charge in [0.25, 0.3) is 0 Å². The molecule has 0 aliphatic rings. The van der Waals surface area contributed by atoms with E-state index in [1.54, 1.807) is 24.3 Å². The summed E-state index contributed by atoms with van der Waals surface area (Å²) in [5, 5.41) is 11.3. The quantitative estimate of drug-likeness (QED) is 0.905. The summed E-state index contributed by atoms with van der Waals surface area (Å²) >= 11 is 0. The van der Waals surface area contributed by atoms with Crippen LogP contribution in [-0.4, -0.2) is 17.0 Å². The average molecular weight is 289 g/mol. The fraction of sp³-hybridized carbons (Fsp3) is 0.0667. The number of benzene rings is 2. The Balaban J connectivity index is 2.30. The van der Waals surface area contributed by atoms with E-state index in [2.05, 4.69) is 5.32 Å². The maximum atomic E-state index is 13.8. The van der Waals surface area contributed by atoms with Crippen LogP contribution in [0.4, 0.5) is 10.1 Å². The van der Waals surface area contributed by atoms with Crippen LogP contribution in [0.3, 0.4) is 0 Å². The Hall–Kier alpha value is -2.89. The molecule has 0 heterocycles. The smallest absolute Gasteiger partial charge is 0.335 e. The van der Waals surface area contributed by atoms with E-state index in [1.165, 1.54) is 19.1 Å². The highest BCUT2D eigenvalue weighted by atomic mass is 19.1. The van der Waals surface area contributed by atoms with Crippen LogP contribution in [0, 0.1) is 5.82 Å². The Morgan fingerprint density at radius 2 is 1.86 bits per heavy atom. The normalized spacial score (nSPS) is 10.0. The first-order valence-corrected chi connectivity index (χ1v) is 6.04. The number of aromatic carboxylic acids is 1. The third kappa shape index (κ3) is 3.56. The van der Waals surface area contributed by atoms with Crippen LogP contribution in [0.15, 0.2) is 42.5 Å². The van der Waals surface area contributed by atoms with Gasteiger partial charge in [0.15, 0.2) is 17.3 Å². The van der Waals surface area contributed by atoms with Gasteiger partial charge >= 0.3 is 5.97 Å². The predicted molar refractivity (Wildman–Crippen MR) is 74.2 cm³/mol. The Morgan fingerprint density at radius 3 is 2.48 bits per heavy atom. The van der Waals surface area contributed by atoms with E-state index in [1.807, 2.05) is 0 Å². The van der Waals surface area contributed by atoms with Gasteiger partial charge in [-0.2, -0.15) is 0 Å². The fourth-order valence-electron chi connectivity index (χ4n) is 1.68. The Labute approximate surface area is 120 Å². The number of hydrogen-bond donors (Lipinski definition) is 2. The summed E-state index contributed by atoms with van der Waals surface area (Å²) < 4.78 is 19.2. The molecule has 6 heteroatoms. The van der Waals surface area contributed by atoms with Crippen molar-refractivity contribution in [1.29, 1.82) is 0 Å². The first-order valence-electron chi connectivity index (χ1n) is 6.04. The molecule has 0 saturated carbocycles. The molecule has 0 aromatic heterocycles. The van der Waals surface area contributed by atoms with Gasteiger partial charge < -0.3 is 15.2 Å². The molecule has 2 aromatic carbocycles. The van der Waals surface area contributed by atoms with Crippen molar-refractivity contribution in [1.82, 2.24) is 0 Å². The number of anilines is 1. The molecule has 0 saturated heterocycles. The highest BCUT2D eigenvalue weighted by Crippen LogP contribution is 2.31. The largest absolute Gasteiger partial charge is 0.478 e. The summed E-state index contributed by atoms with van der Waals surface area (Å²) in [5.74, 6) is -2.17. The summed E-state index contributed by atoms with van der Waals surface area (Å²) in [5.41, 5.74) is 0.224. The van der Waals surface area contributed by atoms with Gasteiger partial charge in [-0.3, -0.25) is 4.79 Å². The van der Waals surface area contributed by atoms with Gasteiger partial charge in [0, 0.05) is 6.92 Å². The van der Waals surface area contributed by atoms with Crippen molar-refractivity contribution < 1.29 is 23.8 Å². The molecule has 5 nitrogen and oxygen atoms in total. The van der Waals surface area contributed by atoms with E-state index < -0.39 is 11.8 Å². The van der Waals surface area contributed by atoms with E-state index in [9.17, 15) is 14.0 Å². The number of ether oxygens (including phenoxy) is 1. The van der Waals surface area contributed by atoms with Crippen LogP contribution in [0.25, 0.3) is 0 Å². The molecule has 0 atom stereocenters. The zero-order chi connectivity index (χ0) is 15.4. The Kier molecular flexibility index (Phi) is 4.18. The lowest BCUT2D eigenvalue weighted by atomic mass is 10.2.